The highest BCUT2D eigenvalue weighted by molar-refractivity contribution is 8.76. The average molecular weight is 743 g/mol. The number of aryl methyl sites for hydroxylation is 1. The number of aromatic hydroxyl groups is 1. The van der Waals surface area contributed by atoms with Gasteiger partial charge in [-0.15, -0.1) is 0 Å². The number of guanidine groups is 1. The lowest BCUT2D eigenvalue weighted by molar-refractivity contribution is -0.148. The van der Waals surface area contributed by atoms with Crippen molar-refractivity contribution in [2.75, 3.05) is 37.1 Å². The topological polar surface area (TPSA) is 186 Å². The molecule has 3 aliphatic rings. The molecule has 2 aromatic rings. The summed E-state index contributed by atoms with van der Waals surface area (Å²) in [5.74, 6) is 2.57. The summed E-state index contributed by atoms with van der Waals surface area (Å²) in [7, 11) is 3.45. The molecule has 1 aromatic heterocycles. The number of rotatable bonds is 3. The summed E-state index contributed by atoms with van der Waals surface area (Å²) < 4.78 is 11.7. The van der Waals surface area contributed by atoms with Crippen molar-refractivity contribution in [3.63, 3.8) is 0 Å². The second kappa shape index (κ2) is 18.9. The van der Waals surface area contributed by atoms with E-state index in [2.05, 4.69) is 15.3 Å². The summed E-state index contributed by atoms with van der Waals surface area (Å²) in [4.78, 5) is 36.3. The molecular formula is C37H54N6O6S2. The largest absolute Gasteiger partial charge is 0.504 e. The van der Waals surface area contributed by atoms with E-state index >= 15 is 0 Å². The maximum absolute atomic E-state index is 13.8. The van der Waals surface area contributed by atoms with E-state index in [1.165, 1.54) is 6.92 Å². The number of ether oxygens (including phenoxy) is 2. The van der Waals surface area contributed by atoms with Gasteiger partial charge in [-0.3, -0.25) is 9.59 Å². The average Bonchev–Trinajstić information content (AvgIpc) is 3.39. The van der Waals surface area contributed by atoms with Gasteiger partial charge in [-0.05, 0) is 80.7 Å². The molecule has 280 valence electrons. The van der Waals surface area contributed by atoms with Gasteiger partial charge in [0.2, 0.25) is 5.91 Å². The lowest BCUT2D eigenvalue weighted by Gasteiger charge is -2.30. The Morgan fingerprint density at radius 3 is 2.80 bits per heavy atom. The molecule has 4 heterocycles. The molecular weight excluding hydrogens is 689 g/mol. The highest BCUT2D eigenvalue weighted by Crippen LogP contribution is 2.43. The van der Waals surface area contributed by atoms with E-state index in [0.717, 1.165) is 61.0 Å². The number of carbonyl (C=O) groups is 2. The van der Waals surface area contributed by atoms with E-state index < -0.39 is 17.6 Å². The summed E-state index contributed by atoms with van der Waals surface area (Å²) >= 11 is 0. The number of phenols is 1. The van der Waals surface area contributed by atoms with Crippen LogP contribution in [0, 0.1) is 5.41 Å². The van der Waals surface area contributed by atoms with Crippen molar-refractivity contribution < 1.29 is 29.3 Å². The molecule has 14 heteroatoms. The molecule has 3 unspecified atom stereocenters. The number of amides is 1. The van der Waals surface area contributed by atoms with Crippen molar-refractivity contribution in [1.29, 1.82) is 0 Å². The zero-order valence-electron chi connectivity index (χ0n) is 29.7. The number of nitrogens with zero attached hydrogens (tertiary/aromatic N) is 3. The highest BCUT2D eigenvalue weighted by Gasteiger charge is 2.43. The number of esters is 1. The molecule has 51 heavy (non-hydrogen) atoms. The standard InChI is InChI=1S/C37H54N6O6S2/c1-25(44)49-30-10-9-27-18-28(34(47)35-31(27)8-6-15-48-35)22-43-23-37(21-33(43)46,20-26-11-13-40-32(38)17-26)12-14-41-36(39)42-24-51-50-16-5-3-2-4-7-29(45)19-30/h11,13,17-18,29-30,45,47H,2-10,12,14-16,19-24H2,1H3,(H2,38,40)(H3,39,41,42). The first-order valence-electron chi connectivity index (χ1n) is 18.2. The van der Waals surface area contributed by atoms with Gasteiger partial charge in [-0.2, -0.15) is 0 Å². The summed E-state index contributed by atoms with van der Waals surface area (Å²) in [5, 5.41) is 25.6. The molecule has 4 bridgehead atoms. The summed E-state index contributed by atoms with van der Waals surface area (Å²) in [6.45, 7) is 3.17. The number of phenolic OH excluding ortho intramolecular Hbond substituents is 1. The molecule has 1 fully saturated rings. The number of aliphatic hydroxyl groups excluding tert-OH is 1. The second-order valence-corrected chi connectivity index (χ2v) is 16.7. The normalized spacial score (nSPS) is 24.8. The number of aliphatic imine (C=N–C) groups is 1. The third-order valence-corrected chi connectivity index (χ3v) is 12.2. The van der Waals surface area contributed by atoms with E-state index in [-0.39, 0.29) is 24.2 Å². The fraction of sp³-hybridized carbons (Fsp3) is 0.622. The predicted octanol–water partition coefficient (Wildman–Crippen LogP) is 4.87. The molecule has 0 spiro atoms. The van der Waals surface area contributed by atoms with Crippen molar-refractivity contribution in [3.05, 3.63) is 46.6 Å². The Hall–Kier alpha value is -3.36. The van der Waals surface area contributed by atoms with Crippen molar-refractivity contribution in [2.24, 2.45) is 16.1 Å². The maximum atomic E-state index is 13.8. The van der Waals surface area contributed by atoms with Gasteiger partial charge >= 0.3 is 5.97 Å². The van der Waals surface area contributed by atoms with E-state index in [1.807, 2.05) is 23.1 Å². The van der Waals surface area contributed by atoms with Gasteiger partial charge in [0.25, 0.3) is 0 Å². The van der Waals surface area contributed by atoms with E-state index in [0.29, 0.717) is 93.6 Å². The minimum atomic E-state index is -0.563. The van der Waals surface area contributed by atoms with E-state index in [9.17, 15) is 19.8 Å². The van der Waals surface area contributed by atoms with Crippen LogP contribution in [-0.4, -0.2) is 81.5 Å². The molecule has 0 radical (unpaired) electrons. The minimum Gasteiger partial charge on any atom is -0.504 e. The van der Waals surface area contributed by atoms with Gasteiger partial charge in [0, 0.05) is 67.9 Å². The summed E-state index contributed by atoms with van der Waals surface area (Å²) in [5.41, 5.74) is 15.4. The molecule has 5 rings (SSSR count). The SMILES string of the molecule is CC(=O)OC1CCc2cc(c(O)c3c2CCCO3)CN2CC(Cc3ccnc(N)c3)(CCNC(N)=NCSSCCCCCCC(O)C1)CC2=O. The number of pyridine rings is 1. The Balaban J connectivity index is 1.41. The van der Waals surface area contributed by atoms with Crippen LogP contribution in [0.4, 0.5) is 5.82 Å². The quantitative estimate of drug-likeness (QED) is 0.213. The van der Waals surface area contributed by atoms with Crippen LogP contribution in [0.5, 0.6) is 11.5 Å². The molecule has 12 nitrogen and oxygen atoms in total. The van der Waals surface area contributed by atoms with Crippen LogP contribution in [-0.2, 0) is 40.1 Å². The number of nitrogens with two attached hydrogens (primary N) is 2. The monoisotopic (exact) mass is 742 g/mol. The Morgan fingerprint density at radius 1 is 1.14 bits per heavy atom. The fourth-order valence-electron chi connectivity index (χ4n) is 7.54. The molecule has 3 aliphatic heterocycles. The number of fused-ring (bicyclic) bond motifs is 6. The maximum Gasteiger partial charge on any atom is 0.302 e. The van der Waals surface area contributed by atoms with Crippen LogP contribution in [0.1, 0.15) is 93.4 Å². The van der Waals surface area contributed by atoms with E-state index in [4.69, 9.17) is 20.9 Å². The first-order valence-corrected chi connectivity index (χ1v) is 20.7. The second-order valence-electron chi connectivity index (χ2n) is 14.1. The van der Waals surface area contributed by atoms with Crippen LogP contribution in [0.25, 0.3) is 0 Å². The third-order valence-electron chi connectivity index (χ3n) is 9.99. The van der Waals surface area contributed by atoms with Gasteiger partial charge in [-0.25, -0.2) is 9.98 Å². The number of hydrogen-bond acceptors (Lipinski definition) is 13. The molecule has 1 amide bonds. The van der Waals surface area contributed by atoms with Crippen LogP contribution in [0.15, 0.2) is 29.4 Å². The zero-order chi connectivity index (χ0) is 36.2. The number of aromatic nitrogens is 1. The van der Waals surface area contributed by atoms with Crippen LogP contribution in [0.3, 0.4) is 0 Å². The van der Waals surface area contributed by atoms with Crippen molar-refractivity contribution in [1.82, 2.24) is 15.2 Å². The van der Waals surface area contributed by atoms with Gasteiger partial charge in [0.1, 0.15) is 11.9 Å². The number of benzene rings is 1. The predicted molar refractivity (Wildman–Crippen MR) is 203 cm³/mol. The van der Waals surface area contributed by atoms with E-state index in [1.54, 1.807) is 27.8 Å². The lowest BCUT2D eigenvalue weighted by Crippen LogP contribution is -2.37. The number of hydrogen-bond donors (Lipinski definition) is 5. The number of aliphatic hydroxyl groups is 1. The molecule has 3 atom stereocenters. The Bertz CT molecular complexity index is 1530. The van der Waals surface area contributed by atoms with Crippen LogP contribution in [0.2, 0.25) is 0 Å². The fourth-order valence-corrected chi connectivity index (χ4v) is 9.33. The van der Waals surface area contributed by atoms with Crippen LogP contribution >= 0.6 is 21.6 Å². The molecule has 7 N–H and O–H groups in total. The number of nitrogens with one attached hydrogen (secondary N) is 1. The van der Waals surface area contributed by atoms with Gasteiger partial charge in [-0.1, -0.05) is 40.9 Å². The van der Waals surface area contributed by atoms with Gasteiger partial charge in [0.15, 0.2) is 17.5 Å². The smallest absolute Gasteiger partial charge is 0.302 e. The van der Waals surface area contributed by atoms with Crippen molar-refractivity contribution in [2.45, 2.75) is 109 Å². The molecule has 0 aliphatic carbocycles. The molecule has 1 saturated heterocycles. The number of carbonyl (C=O) groups excluding carboxylic acids is 2. The van der Waals surface area contributed by atoms with Crippen molar-refractivity contribution >= 4 is 45.2 Å². The first-order chi connectivity index (χ1) is 24.6. The Labute approximate surface area is 309 Å². The molecule has 1 aromatic carbocycles. The highest BCUT2D eigenvalue weighted by atomic mass is 33.1. The molecule has 0 saturated carbocycles. The Kier molecular flexibility index (Phi) is 14.4. The van der Waals surface area contributed by atoms with Gasteiger partial charge < -0.3 is 41.4 Å². The first kappa shape index (κ1) is 38.9. The zero-order valence-corrected chi connectivity index (χ0v) is 31.4. The minimum absolute atomic E-state index is 0.00736. The summed E-state index contributed by atoms with van der Waals surface area (Å²) in [6, 6.07) is 5.78. The van der Waals surface area contributed by atoms with Crippen LogP contribution < -0.4 is 21.5 Å². The van der Waals surface area contributed by atoms with Crippen molar-refractivity contribution in [3.8, 4) is 11.5 Å². The third kappa shape index (κ3) is 11.6. The number of nitrogen functional groups attached to an aromatic ring is 1. The summed E-state index contributed by atoms with van der Waals surface area (Å²) in [6.07, 6.45) is 10.2. The number of anilines is 1. The van der Waals surface area contributed by atoms with Gasteiger partial charge in [0.05, 0.1) is 18.6 Å². The lowest BCUT2D eigenvalue weighted by atomic mass is 9.78. The Morgan fingerprint density at radius 2 is 1.98 bits per heavy atom.